The van der Waals surface area contributed by atoms with Crippen molar-refractivity contribution in [2.24, 2.45) is 5.92 Å². The van der Waals surface area contributed by atoms with E-state index < -0.39 is 0 Å². The van der Waals surface area contributed by atoms with E-state index in [0.29, 0.717) is 11.8 Å². The summed E-state index contributed by atoms with van der Waals surface area (Å²) >= 11 is 0. The van der Waals surface area contributed by atoms with Gasteiger partial charge in [-0.25, -0.2) is 9.97 Å². The predicted octanol–water partition coefficient (Wildman–Crippen LogP) is 7.68. The topological polar surface area (TPSA) is 35.0 Å². The van der Waals surface area contributed by atoms with Crippen LogP contribution in [0.1, 0.15) is 107 Å². The highest BCUT2D eigenvalue weighted by Gasteiger charge is 2.24. The third-order valence-electron chi connectivity index (χ3n) is 6.73. The monoisotopic (exact) mass is 422 g/mol. The van der Waals surface area contributed by atoms with Gasteiger partial charge in [-0.05, 0) is 80.5 Å². The quantitative estimate of drug-likeness (QED) is 0.310. The highest BCUT2D eigenvalue weighted by atomic mass is 16.5. The molecule has 0 N–H and O–H groups in total. The van der Waals surface area contributed by atoms with E-state index in [1.165, 1.54) is 88.2 Å². The molecule has 3 rings (SSSR count). The average Bonchev–Trinajstić information content (AvgIpc) is 2.82. The van der Waals surface area contributed by atoms with Crippen molar-refractivity contribution in [3.8, 4) is 5.75 Å². The zero-order chi connectivity index (χ0) is 21.7. The molecule has 3 nitrogen and oxygen atoms in total. The van der Waals surface area contributed by atoms with Crippen molar-refractivity contribution in [3.63, 3.8) is 0 Å². The van der Waals surface area contributed by atoms with E-state index in [2.05, 4.69) is 50.5 Å². The van der Waals surface area contributed by atoms with Crippen LogP contribution in [0.2, 0.25) is 0 Å². The minimum Gasteiger partial charge on any atom is -0.493 e. The lowest BCUT2D eigenvalue weighted by atomic mass is 9.82. The van der Waals surface area contributed by atoms with Gasteiger partial charge in [0.25, 0.3) is 0 Å². The van der Waals surface area contributed by atoms with Crippen LogP contribution in [-0.2, 0) is 12.8 Å². The second kappa shape index (κ2) is 13.5. The lowest BCUT2D eigenvalue weighted by Crippen LogP contribution is -2.20. The molecule has 0 aliphatic heterocycles. The Labute approximate surface area is 190 Å². The summed E-state index contributed by atoms with van der Waals surface area (Å²) in [6.07, 6.45) is 20.3. The highest BCUT2D eigenvalue weighted by Crippen LogP contribution is 2.34. The van der Waals surface area contributed by atoms with Crippen LogP contribution in [0, 0.1) is 5.92 Å². The first kappa shape index (κ1) is 23.8. The van der Waals surface area contributed by atoms with E-state index in [4.69, 9.17) is 14.7 Å². The number of aryl methyl sites for hydroxylation is 2. The summed E-state index contributed by atoms with van der Waals surface area (Å²) in [6.45, 7) is 5.34. The molecule has 170 valence electrons. The van der Waals surface area contributed by atoms with E-state index in [0.717, 1.165) is 24.6 Å². The Kier molecular flexibility index (Phi) is 10.3. The first-order valence-corrected chi connectivity index (χ1v) is 12.8. The first-order chi connectivity index (χ1) is 15.3. The summed E-state index contributed by atoms with van der Waals surface area (Å²) in [7, 11) is 0. The fourth-order valence-corrected chi connectivity index (χ4v) is 4.59. The minimum atomic E-state index is 0.521. The molecule has 1 aliphatic rings. The standard InChI is InChI=1S/C28H42N2O/c1-3-5-7-9-11-25-20-29-28(30-21-25)26-16-12-24(13-17-26)22-31-27-18-14-23(15-19-27)10-8-6-4-2/h14-15,18-21,24,26H,3-13,16-17,22H2,1-2H3/t24-,26-. The summed E-state index contributed by atoms with van der Waals surface area (Å²) in [5.74, 6) is 3.24. The van der Waals surface area contributed by atoms with Crippen molar-refractivity contribution < 1.29 is 4.74 Å². The van der Waals surface area contributed by atoms with Crippen molar-refractivity contribution in [2.75, 3.05) is 6.61 Å². The van der Waals surface area contributed by atoms with Gasteiger partial charge in [-0.1, -0.05) is 58.1 Å². The number of hydrogen-bond donors (Lipinski definition) is 0. The van der Waals surface area contributed by atoms with Crippen molar-refractivity contribution in [2.45, 2.75) is 103 Å². The molecule has 0 amide bonds. The van der Waals surface area contributed by atoms with Gasteiger partial charge in [0, 0.05) is 18.3 Å². The van der Waals surface area contributed by atoms with Crippen LogP contribution in [0.4, 0.5) is 0 Å². The highest BCUT2D eigenvalue weighted by molar-refractivity contribution is 5.27. The van der Waals surface area contributed by atoms with E-state index in [-0.39, 0.29) is 0 Å². The van der Waals surface area contributed by atoms with E-state index in [9.17, 15) is 0 Å². The first-order valence-electron chi connectivity index (χ1n) is 12.8. The van der Waals surface area contributed by atoms with Crippen LogP contribution in [0.15, 0.2) is 36.7 Å². The van der Waals surface area contributed by atoms with Crippen LogP contribution in [-0.4, -0.2) is 16.6 Å². The van der Waals surface area contributed by atoms with Crippen molar-refractivity contribution in [1.29, 1.82) is 0 Å². The molecule has 1 aliphatic carbocycles. The third kappa shape index (κ3) is 8.27. The number of nitrogens with zero attached hydrogens (tertiary/aromatic N) is 2. The molecule has 31 heavy (non-hydrogen) atoms. The zero-order valence-electron chi connectivity index (χ0n) is 19.8. The summed E-state index contributed by atoms with van der Waals surface area (Å²) in [4.78, 5) is 9.42. The number of rotatable bonds is 13. The molecule has 0 spiro atoms. The molecule has 1 aromatic heterocycles. The van der Waals surface area contributed by atoms with Gasteiger partial charge in [0.2, 0.25) is 0 Å². The van der Waals surface area contributed by atoms with Gasteiger partial charge in [-0.15, -0.1) is 0 Å². The molecule has 1 fully saturated rings. The van der Waals surface area contributed by atoms with Crippen molar-refractivity contribution in [1.82, 2.24) is 9.97 Å². The fraction of sp³-hybridized carbons (Fsp3) is 0.643. The third-order valence-corrected chi connectivity index (χ3v) is 6.73. The SMILES string of the molecule is CCCCCCc1cnc([C@H]2CC[C@H](COc3ccc(CCCCC)cc3)CC2)nc1. The van der Waals surface area contributed by atoms with Crippen LogP contribution in [0.25, 0.3) is 0 Å². The maximum absolute atomic E-state index is 6.11. The molecule has 0 unspecified atom stereocenters. The molecule has 1 saturated carbocycles. The number of aromatic nitrogens is 2. The van der Waals surface area contributed by atoms with Crippen molar-refractivity contribution in [3.05, 3.63) is 53.6 Å². The normalized spacial score (nSPS) is 18.8. The fourth-order valence-electron chi connectivity index (χ4n) is 4.59. The second-order valence-corrected chi connectivity index (χ2v) is 9.39. The van der Waals surface area contributed by atoms with Gasteiger partial charge in [0.1, 0.15) is 11.6 Å². The maximum atomic E-state index is 6.11. The molecule has 1 aromatic carbocycles. The van der Waals surface area contributed by atoms with Crippen LogP contribution in [0.3, 0.4) is 0 Å². The number of benzene rings is 1. The number of unbranched alkanes of at least 4 members (excludes halogenated alkanes) is 5. The summed E-state index contributed by atoms with van der Waals surface area (Å²) in [5, 5.41) is 0. The molecular formula is C28H42N2O. The smallest absolute Gasteiger partial charge is 0.131 e. The molecule has 0 radical (unpaired) electrons. The lowest BCUT2D eigenvalue weighted by molar-refractivity contribution is 0.198. The average molecular weight is 423 g/mol. The minimum absolute atomic E-state index is 0.521. The van der Waals surface area contributed by atoms with E-state index in [1.807, 2.05) is 0 Å². The molecule has 3 heteroatoms. The molecule has 0 atom stereocenters. The zero-order valence-corrected chi connectivity index (χ0v) is 19.8. The summed E-state index contributed by atoms with van der Waals surface area (Å²) < 4.78 is 6.11. The Balaban J connectivity index is 1.35. The van der Waals surface area contributed by atoms with Gasteiger partial charge < -0.3 is 4.74 Å². The van der Waals surface area contributed by atoms with E-state index in [1.54, 1.807) is 0 Å². The van der Waals surface area contributed by atoms with Crippen LogP contribution < -0.4 is 4.74 Å². The van der Waals surface area contributed by atoms with Crippen LogP contribution in [0.5, 0.6) is 5.75 Å². The van der Waals surface area contributed by atoms with Gasteiger partial charge in [0.05, 0.1) is 6.61 Å². The Morgan fingerprint density at radius 2 is 1.35 bits per heavy atom. The number of ether oxygens (including phenoxy) is 1. The molecule has 0 saturated heterocycles. The van der Waals surface area contributed by atoms with Gasteiger partial charge in [-0.2, -0.15) is 0 Å². The van der Waals surface area contributed by atoms with Gasteiger partial charge in [-0.3, -0.25) is 0 Å². The molecule has 1 heterocycles. The van der Waals surface area contributed by atoms with Gasteiger partial charge in [0.15, 0.2) is 0 Å². The lowest BCUT2D eigenvalue weighted by Gasteiger charge is -2.27. The maximum Gasteiger partial charge on any atom is 0.131 e. The summed E-state index contributed by atoms with van der Waals surface area (Å²) in [6, 6.07) is 8.74. The number of hydrogen-bond acceptors (Lipinski definition) is 3. The summed E-state index contributed by atoms with van der Waals surface area (Å²) in [5.41, 5.74) is 2.71. The Hall–Kier alpha value is -1.90. The van der Waals surface area contributed by atoms with Crippen LogP contribution >= 0.6 is 0 Å². The van der Waals surface area contributed by atoms with Gasteiger partial charge >= 0.3 is 0 Å². The Morgan fingerprint density at radius 1 is 0.742 bits per heavy atom. The second-order valence-electron chi connectivity index (χ2n) is 9.39. The van der Waals surface area contributed by atoms with E-state index >= 15 is 0 Å². The predicted molar refractivity (Wildman–Crippen MR) is 130 cm³/mol. The molecule has 2 aromatic rings. The Bertz CT molecular complexity index is 718. The molecular weight excluding hydrogens is 380 g/mol. The van der Waals surface area contributed by atoms with Crippen molar-refractivity contribution >= 4 is 0 Å². The largest absolute Gasteiger partial charge is 0.493 e. The molecule has 0 bridgehead atoms. The Morgan fingerprint density at radius 3 is 2.03 bits per heavy atom.